The Morgan fingerprint density at radius 3 is 1.72 bits per heavy atom. The molecule has 6 nitrogen and oxygen atoms in total. The van der Waals surface area contributed by atoms with Gasteiger partial charge in [0, 0.05) is 12.4 Å². The van der Waals surface area contributed by atoms with Crippen LogP contribution in [0.5, 0.6) is 0 Å². The zero-order valence-corrected chi connectivity index (χ0v) is 9.48. The first-order chi connectivity index (χ1) is 8.86. The predicted molar refractivity (Wildman–Crippen MR) is 67.8 cm³/mol. The summed E-state index contributed by atoms with van der Waals surface area (Å²) < 4.78 is 0. The number of anilines is 2. The van der Waals surface area contributed by atoms with E-state index in [2.05, 4.69) is 20.6 Å². The lowest BCUT2D eigenvalue weighted by atomic mass is 10.4. The van der Waals surface area contributed by atoms with Gasteiger partial charge in [-0.2, -0.15) is 0 Å². The predicted octanol–water partition coefficient (Wildman–Crippen LogP) is 1.30. The number of rotatable bonds is 4. The van der Waals surface area contributed by atoms with Crippen molar-refractivity contribution in [2.45, 2.75) is 0 Å². The minimum atomic E-state index is 0.539. The molecule has 18 heavy (non-hydrogen) atoms. The zero-order chi connectivity index (χ0) is 13.1. The van der Waals surface area contributed by atoms with Crippen LogP contribution in [0.15, 0.2) is 49.1 Å². The minimum Gasteiger partial charge on any atom is -0.327 e. The monoisotopic (exact) mass is 244 g/mol. The summed E-state index contributed by atoms with van der Waals surface area (Å²) in [7, 11) is 0. The van der Waals surface area contributed by atoms with Crippen molar-refractivity contribution in [3.8, 4) is 0 Å². The van der Waals surface area contributed by atoms with Gasteiger partial charge >= 0.3 is 0 Å². The third-order valence-corrected chi connectivity index (χ3v) is 1.76. The third-order valence-electron chi connectivity index (χ3n) is 1.76. The number of carbonyl (C=O) groups excluding carboxylic acids is 2. The SMILES string of the molecule is O=CNc1cncc(NC=O)c1.c1ccncc1. The Labute approximate surface area is 104 Å². The first-order valence-corrected chi connectivity index (χ1v) is 5.07. The van der Waals surface area contributed by atoms with Crippen LogP contribution in [-0.2, 0) is 9.59 Å². The number of aromatic nitrogens is 2. The summed E-state index contributed by atoms with van der Waals surface area (Å²) in [5.41, 5.74) is 1.08. The van der Waals surface area contributed by atoms with Gasteiger partial charge in [-0.05, 0) is 18.2 Å². The van der Waals surface area contributed by atoms with Crippen LogP contribution >= 0.6 is 0 Å². The molecule has 0 aliphatic carbocycles. The van der Waals surface area contributed by atoms with E-state index in [1.54, 1.807) is 18.5 Å². The molecule has 0 aromatic carbocycles. The van der Waals surface area contributed by atoms with Crippen molar-refractivity contribution in [1.29, 1.82) is 0 Å². The topological polar surface area (TPSA) is 84.0 Å². The van der Waals surface area contributed by atoms with Crippen LogP contribution in [0, 0.1) is 0 Å². The normalized spacial score (nSPS) is 8.44. The van der Waals surface area contributed by atoms with Crippen molar-refractivity contribution in [2.24, 2.45) is 0 Å². The molecule has 0 unspecified atom stereocenters. The van der Waals surface area contributed by atoms with E-state index in [0.29, 0.717) is 24.2 Å². The second-order valence-electron chi connectivity index (χ2n) is 3.01. The Morgan fingerprint density at radius 1 is 0.833 bits per heavy atom. The van der Waals surface area contributed by atoms with Gasteiger partial charge in [0.2, 0.25) is 12.8 Å². The van der Waals surface area contributed by atoms with Crippen molar-refractivity contribution >= 4 is 24.2 Å². The van der Waals surface area contributed by atoms with Gasteiger partial charge < -0.3 is 10.6 Å². The average Bonchev–Trinajstić information content (AvgIpc) is 2.43. The Morgan fingerprint density at radius 2 is 1.39 bits per heavy atom. The van der Waals surface area contributed by atoms with Crippen LogP contribution in [0.2, 0.25) is 0 Å². The summed E-state index contributed by atoms with van der Waals surface area (Å²) in [4.78, 5) is 27.6. The summed E-state index contributed by atoms with van der Waals surface area (Å²) in [6.07, 6.45) is 7.54. The molecule has 0 atom stereocenters. The van der Waals surface area contributed by atoms with Gasteiger partial charge in [0.05, 0.1) is 23.8 Å². The maximum atomic E-state index is 10.0. The quantitative estimate of drug-likeness (QED) is 0.794. The lowest BCUT2D eigenvalue weighted by Crippen LogP contribution is -1.98. The molecule has 0 aliphatic heterocycles. The van der Waals surface area contributed by atoms with Crippen LogP contribution < -0.4 is 10.6 Å². The number of nitrogens with one attached hydrogen (secondary N) is 2. The zero-order valence-electron chi connectivity index (χ0n) is 9.48. The summed E-state index contributed by atoms with van der Waals surface area (Å²) in [6.45, 7) is 0. The maximum Gasteiger partial charge on any atom is 0.211 e. The van der Waals surface area contributed by atoms with Crippen LogP contribution in [-0.4, -0.2) is 22.8 Å². The molecule has 2 heterocycles. The molecule has 0 aliphatic rings. The van der Waals surface area contributed by atoms with E-state index in [0.717, 1.165) is 0 Å². The largest absolute Gasteiger partial charge is 0.327 e. The smallest absolute Gasteiger partial charge is 0.211 e. The van der Waals surface area contributed by atoms with E-state index < -0.39 is 0 Å². The number of nitrogens with zero attached hydrogens (tertiary/aromatic N) is 2. The van der Waals surface area contributed by atoms with Crippen molar-refractivity contribution in [3.63, 3.8) is 0 Å². The van der Waals surface area contributed by atoms with Gasteiger partial charge in [-0.3, -0.25) is 19.6 Å². The Hall–Kier alpha value is -2.76. The first-order valence-electron chi connectivity index (χ1n) is 5.07. The Bertz CT molecular complexity index is 425. The van der Waals surface area contributed by atoms with Crippen molar-refractivity contribution in [2.75, 3.05) is 10.6 Å². The minimum absolute atomic E-state index is 0.539. The number of pyridine rings is 2. The fraction of sp³-hybridized carbons (Fsp3) is 0. The third kappa shape index (κ3) is 5.36. The second-order valence-corrected chi connectivity index (χ2v) is 3.01. The molecular weight excluding hydrogens is 232 g/mol. The van der Waals surface area contributed by atoms with Crippen molar-refractivity contribution in [3.05, 3.63) is 49.1 Å². The van der Waals surface area contributed by atoms with E-state index in [9.17, 15) is 9.59 Å². The molecular formula is C12H12N4O2. The fourth-order valence-corrected chi connectivity index (χ4v) is 1.05. The van der Waals surface area contributed by atoms with E-state index in [-0.39, 0.29) is 0 Å². The van der Waals surface area contributed by atoms with E-state index in [1.165, 1.54) is 12.4 Å². The molecule has 0 saturated heterocycles. The molecule has 6 heteroatoms. The molecule has 2 amide bonds. The van der Waals surface area contributed by atoms with Crippen LogP contribution in [0.25, 0.3) is 0 Å². The highest BCUT2D eigenvalue weighted by Crippen LogP contribution is 2.10. The highest BCUT2D eigenvalue weighted by atomic mass is 16.1. The number of amides is 2. The first kappa shape index (κ1) is 13.3. The highest BCUT2D eigenvalue weighted by Gasteiger charge is 1.93. The average molecular weight is 244 g/mol. The van der Waals surface area contributed by atoms with Crippen LogP contribution in [0.4, 0.5) is 11.4 Å². The molecule has 2 aromatic heterocycles. The summed E-state index contributed by atoms with van der Waals surface area (Å²) in [5, 5.41) is 4.81. The molecule has 2 rings (SSSR count). The summed E-state index contributed by atoms with van der Waals surface area (Å²) >= 11 is 0. The number of hydrogen-bond donors (Lipinski definition) is 2. The van der Waals surface area contributed by atoms with Crippen LogP contribution in [0.3, 0.4) is 0 Å². The molecule has 0 fully saturated rings. The maximum absolute atomic E-state index is 10.0. The van der Waals surface area contributed by atoms with Crippen molar-refractivity contribution in [1.82, 2.24) is 9.97 Å². The summed E-state index contributed by atoms with van der Waals surface area (Å²) in [6, 6.07) is 7.31. The number of hydrogen-bond acceptors (Lipinski definition) is 4. The van der Waals surface area contributed by atoms with Crippen LogP contribution in [0.1, 0.15) is 0 Å². The Balaban J connectivity index is 0.000000225. The lowest BCUT2D eigenvalue weighted by Gasteiger charge is -2.00. The van der Waals surface area contributed by atoms with Gasteiger partial charge in [0.15, 0.2) is 0 Å². The van der Waals surface area contributed by atoms with E-state index >= 15 is 0 Å². The van der Waals surface area contributed by atoms with Crippen molar-refractivity contribution < 1.29 is 9.59 Å². The standard InChI is InChI=1S/C7H7N3O2.C5H5N/c11-4-9-6-1-7(10-5-12)3-8-2-6;1-2-4-6-5-3-1/h1-5H,(H,9,11)(H,10,12);1-5H. The van der Waals surface area contributed by atoms with Gasteiger partial charge in [0.1, 0.15) is 0 Å². The molecule has 92 valence electrons. The molecule has 2 aromatic rings. The van der Waals surface area contributed by atoms with Gasteiger partial charge in [0.25, 0.3) is 0 Å². The molecule has 0 spiro atoms. The summed E-state index contributed by atoms with van der Waals surface area (Å²) in [5.74, 6) is 0. The second kappa shape index (κ2) is 8.40. The fourth-order valence-electron chi connectivity index (χ4n) is 1.05. The highest BCUT2D eigenvalue weighted by molar-refractivity contribution is 5.76. The Kier molecular flexibility index (Phi) is 6.21. The van der Waals surface area contributed by atoms with E-state index in [4.69, 9.17) is 0 Å². The molecule has 0 bridgehead atoms. The number of carbonyl (C=O) groups is 2. The lowest BCUT2D eigenvalue weighted by molar-refractivity contribution is -0.106. The van der Waals surface area contributed by atoms with Gasteiger partial charge in [-0.1, -0.05) is 6.07 Å². The van der Waals surface area contributed by atoms with Gasteiger partial charge in [-0.15, -0.1) is 0 Å². The van der Waals surface area contributed by atoms with Gasteiger partial charge in [-0.25, -0.2) is 0 Å². The molecule has 0 saturated carbocycles. The van der Waals surface area contributed by atoms with E-state index in [1.807, 2.05) is 18.2 Å². The molecule has 0 radical (unpaired) electrons. The molecule has 2 N–H and O–H groups in total.